The Bertz CT molecular complexity index is 759. The van der Waals surface area contributed by atoms with Gasteiger partial charge in [-0.05, 0) is 29.8 Å². The van der Waals surface area contributed by atoms with Crippen molar-refractivity contribution in [1.82, 2.24) is 10.6 Å². The van der Waals surface area contributed by atoms with Crippen molar-refractivity contribution in [3.8, 4) is 5.75 Å². The molecule has 24 heavy (non-hydrogen) atoms. The predicted octanol–water partition coefficient (Wildman–Crippen LogP) is 1.61. The highest BCUT2D eigenvalue weighted by Crippen LogP contribution is 2.20. The Labute approximate surface area is 138 Å². The van der Waals surface area contributed by atoms with Crippen molar-refractivity contribution in [1.29, 1.82) is 0 Å². The van der Waals surface area contributed by atoms with Crippen molar-refractivity contribution in [2.24, 2.45) is 0 Å². The Morgan fingerprint density at radius 2 is 1.79 bits per heavy atom. The quantitative estimate of drug-likeness (QED) is 0.812. The molecule has 2 rings (SSSR count). The van der Waals surface area contributed by atoms with Crippen molar-refractivity contribution in [2.45, 2.75) is 13.0 Å². The number of nitrogens with one attached hydrogen (secondary N) is 2. The van der Waals surface area contributed by atoms with E-state index >= 15 is 0 Å². The van der Waals surface area contributed by atoms with Gasteiger partial charge < -0.3 is 14.8 Å². The fraction of sp³-hybridized carbons (Fsp3) is 0.235. The Morgan fingerprint density at radius 1 is 1.08 bits per heavy atom. The molecule has 0 bridgehead atoms. The van der Waals surface area contributed by atoms with Gasteiger partial charge in [-0.3, -0.25) is 10.1 Å². The van der Waals surface area contributed by atoms with Crippen LogP contribution in [-0.4, -0.2) is 37.7 Å². The fourth-order valence-corrected chi connectivity index (χ4v) is 1.96. The van der Waals surface area contributed by atoms with Crippen molar-refractivity contribution in [3.63, 3.8) is 0 Å². The maximum absolute atomic E-state index is 11.7. The molecule has 0 radical (unpaired) electrons. The zero-order chi connectivity index (χ0) is 17.5. The maximum atomic E-state index is 11.7. The minimum atomic E-state index is -1.10. The molecule has 0 aliphatic carbocycles. The normalized spacial score (nSPS) is 11.4. The van der Waals surface area contributed by atoms with Crippen LogP contribution in [0.1, 0.15) is 6.92 Å². The van der Waals surface area contributed by atoms with Gasteiger partial charge in [0.25, 0.3) is 5.91 Å². The highest BCUT2D eigenvalue weighted by molar-refractivity contribution is 5.97. The van der Waals surface area contributed by atoms with Gasteiger partial charge in [-0.2, -0.15) is 0 Å². The number of urea groups is 1. The molecule has 0 aliphatic rings. The zero-order valence-electron chi connectivity index (χ0n) is 13.4. The lowest BCUT2D eigenvalue weighted by molar-refractivity contribution is -0.156. The number of rotatable bonds is 5. The molecule has 126 valence electrons. The monoisotopic (exact) mass is 330 g/mol. The molecule has 0 saturated heterocycles. The van der Waals surface area contributed by atoms with Crippen LogP contribution in [0.15, 0.2) is 42.5 Å². The van der Waals surface area contributed by atoms with Crippen LogP contribution in [0, 0.1) is 0 Å². The van der Waals surface area contributed by atoms with Gasteiger partial charge in [0, 0.05) is 7.05 Å². The number of imide groups is 1. The lowest BCUT2D eigenvalue weighted by atomic mass is 10.1. The first kappa shape index (κ1) is 17.3. The molecule has 0 heterocycles. The molecular formula is C17H18N2O5. The molecule has 0 aromatic heterocycles. The summed E-state index contributed by atoms with van der Waals surface area (Å²) < 4.78 is 10.3. The number of esters is 1. The summed E-state index contributed by atoms with van der Waals surface area (Å²) in [5.74, 6) is -0.899. The van der Waals surface area contributed by atoms with Crippen LogP contribution in [0.2, 0.25) is 0 Å². The minimum Gasteiger partial charge on any atom is -0.482 e. The van der Waals surface area contributed by atoms with Crippen molar-refractivity contribution >= 4 is 28.7 Å². The number of carbonyl (C=O) groups excluding carboxylic acids is 3. The molecule has 0 unspecified atom stereocenters. The summed E-state index contributed by atoms with van der Waals surface area (Å²) in [6, 6.07) is 12.5. The molecule has 2 N–H and O–H groups in total. The minimum absolute atomic E-state index is 0.337. The van der Waals surface area contributed by atoms with E-state index in [0.717, 1.165) is 10.8 Å². The number of hydrogen-bond donors (Lipinski definition) is 2. The van der Waals surface area contributed by atoms with E-state index < -0.39 is 24.0 Å². The number of carbonyl (C=O) groups is 3. The van der Waals surface area contributed by atoms with Crippen LogP contribution < -0.4 is 15.4 Å². The third kappa shape index (κ3) is 4.70. The standard InChI is InChI=1S/C17H18N2O5/c1-11(16(21)19-17(22)18-2)24-15(20)10-23-14-8-7-12-5-3-4-6-13(12)9-14/h3-9,11H,10H2,1-2H3,(H2,18,19,21,22)/t11-/m0/s1. The van der Waals surface area contributed by atoms with Crippen molar-refractivity contribution < 1.29 is 23.9 Å². The summed E-state index contributed by atoms with van der Waals surface area (Å²) in [7, 11) is 1.37. The highest BCUT2D eigenvalue weighted by Gasteiger charge is 2.19. The van der Waals surface area contributed by atoms with Gasteiger partial charge in [0.2, 0.25) is 0 Å². The predicted molar refractivity (Wildman–Crippen MR) is 87.6 cm³/mol. The molecular weight excluding hydrogens is 312 g/mol. The lowest BCUT2D eigenvalue weighted by Gasteiger charge is -2.13. The smallest absolute Gasteiger partial charge is 0.344 e. The van der Waals surface area contributed by atoms with Crippen LogP contribution in [0.5, 0.6) is 5.75 Å². The van der Waals surface area contributed by atoms with Gasteiger partial charge in [0.15, 0.2) is 12.7 Å². The number of ether oxygens (including phenoxy) is 2. The van der Waals surface area contributed by atoms with Crippen molar-refractivity contribution in [2.75, 3.05) is 13.7 Å². The van der Waals surface area contributed by atoms with Gasteiger partial charge in [0.1, 0.15) is 5.75 Å². The fourth-order valence-electron chi connectivity index (χ4n) is 1.96. The zero-order valence-corrected chi connectivity index (χ0v) is 13.4. The first-order chi connectivity index (χ1) is 11.5. The van der Waals surface area contributed by atoms with Crippen LogP contribution >= 0.6 is 0 Å². The molecule has 0 saturated carbocycles. The van der Waals surface area contributed by atoms with E-state index in [-0.39, 0.29) is 6.61 Å². The van der Waals surface area contributed by atoms with E-state index in [4.69, 9.17) is 9.47 Å². The lowest BCUT2D eigenvalue weighted by Crippen LogP contribution is -2.43. The molecule has 7 heteroatoms. The average molecular weight is 330 g/mol. The van der Waals surface area contributed by atoms with Gasteiger partial charge in [-0.1, -0.05) is 30.3 Å². The molecule has 2 aromatic carbocycles. The van der Waals surface area contributed by atoms with Gasteiger partial charge in [0.05, 0.1) is 0 Å². The van der Waals surface area contributed by atoms with Crippen LogP contribution in [0.3, 0.4) is 0 Å². The summed E-state index contributed by atoms with van der Waals surface area (Å²) in [4.78, 5) is 34.3. The molecule has 2 aromatic rings. The highest BCUT2D eigenvalue weighted by atomic mass is 16.6. The van der Waals surface area contributed by atoms with E-state index in [1.807, 2.05) is 41.7 Å². The number of fused-ring (bicyclic) bond motifs is 1. The topological polar surface area (TPSA) is 93.7 Å². The third-order valence-electron chi connectivity index (χ3n) is 3.22. The second-order valence-corrected chi connectivity index (χ2v) is 5.00. The molecule has 0 fully saturated rings. The largest absolute Gasteiger partial charge is 0.482 e. The summed E-state index contributed by atoms with van der Waals surface area (Å²) in [5, 5.41) is 6.30. The summed E-state index contributed by atoms with van der Waals surface area (Å²) >= 11 is 0. The second kappa shape index (κ2) is 7.96. The Kier molecular flexibility index (Phi) is 5.73. The number of benzene rings is 2. The van der Waals surface area contributed by atoms with Crippen molar-refractivity contribution in [3.05, 3.63) is 42.5 Å². The van der Waals surface area contributed by atoms with E-state index in [0.29, 0.717) is 5.75 Å². The summed E-state index contributed by atoms with van der Waals surface area (Å²) in [6.07, 6.45) is -1.10. The van der Waals surface area contributed by atoms with Crippen LogP contribution in [0.25, 0.3) is 10.8 Å². The maximum Gasteiger partial charge on any atom is 0.344 e. The van der Waals surface area contributed by atoms with E-state index in [1.165, 1.54) is 14.0 Å². The second-order valence-electron chi connectivity index (χ2n) is 5.00. The molecule has 0 spiro atoms. The van der Waals surface area contributed by atoms with Gasteiger partial charge >= 0.3 is 12.0 Å². The number of amides is 3. The van der Waals surface area contributed by atoms with Gasteiger partial charge in [-0.25, -0.2) is 9.59 Å². The van der Waals surface area contributed by atoms with E-state index in [2.05, 4.69) is 5.32 Å². The Morgan fingerprint density at radius 3 is 2.50 bits per heavy atom. The summed E-state index contributed by atoms with van der Waals surface area (Å²) in [5.41, 5.74) is 0. The van der Waals surface area contributed by atoms with Gasteiger partial charge in [-0.15, -0.1) is 0 Å². The molecule has 0 aliphatic heterocycles. The summed E-state index contributed by atoms with van der Waals surface area (Å²) in [6.45, 7) is 1.03. The molecule has 1 atom stereocenters. The van der Waals surface area contributed by atoms with Crippen LogP contribution in [0.4, 0.5) is 4.79 Å². The van der Waals surface area contributed by atoms with E-state index in [1.54, 1.807) is 6.07 Å². The Balaban J connectivity index is 1.85. The SMILES string of the molecule is CNC(=O)NC(=O)[C@H](C)OC(=O)COc1ccc2ccccc2c1. The molecule has 7 nitrogen and oxygen atoms in total. The Hall–Kier alpha value is -3.09. The van der Waals surface area contributed by atoms with E-state index in [9.17, 15) is 14.4 Å². The van der Waals surface area contributed by atoms with Crippen LogP contribution in [-0.2, 0) is 14.3 Å². The third-order valence-corrected chi connectivity index (χ3v) is 3.22. The first-order valence-electron chi connectivity index (χ1n) is 7.33. The molecule has 3 amide bonds. The average Bonchev–Trinajstić information content (AvgIpc) is 2.59. The number of hydrogen-bond acceptors (Lipinski definition) is 5. The first-order valence-corrected chi connectivity index (χ1v) is 7.33.